The molecule has 1 heterocycles. The summed E-state index contributed by atoms with van der Waals surface area (Å²) in [5.41, 5.74) is 0. The predicted octanol–water partition coefficient (Wildman–Crippen LogP) is 3.36. The molecule has 2 rings (SSSR count). The zero-order valence-corrected chi connectivity index (χ0v) is 10.0. The van der Waals surface area contributed by atoms with Crippen LogP contribution in [-0.2, 0) is 0 Å². The number of aryl methyl sites for hydroxylation is 1. The van der Waals surface area contributed by atoms with E-state index >= 15 is 0 Å². The molecule has 1 aliphatic carbocycles. The molecule has 1 saturated carbocycles. The van der Waals surface area contributed by atoms with Gasteiger partial charge in [-0.05, 0) is 43.9 Å². The van der Waals surface area contributed by atoms with E-state index in [1.54, 1.807) is 0 Å². The van der Waals surface area contributed by atoms with Crippen LogP contribution in [0.3, 0.4) is 0 Å². The van der Waals surface area contributed by atoms with Crippen molar-refractivity contribution in [1.82, 2.24) is 5.32 Å². The average Bonchev–Trinajstić information content (AvgIpc) is 2.69. The summed E-state index contributed by atoms with van der Waals surface area (Å²) in [4.78, 5) is 2.95. The quantitative estimate of drug-likeness (QED) is 0.801. The lowest BCUT2D eigenvalue weighted by atomic mass is 10.1. The molecule has 0 aliphatic heterocycles. The zero-order valence-electron chi connectivity index (χ0n) is 9.21. The molecule has 3 unspecified atom stereocenters. The van der Waals surface area contributed by atoms with Gasteiger partial charge < -0.3 is 5.32 Å². The van der Waals surface area contributed by atoms with Crippen LogP contribution in [0.4, 0.5) is 0 Å². The standard InChI is InChI=1S/C12H19NS/c1-4-13-12(10-7-8(10)2)11-6-5-9(3)14-11/h5-6,8,10,12-13H,4,7H2,1-3H3. The summed E-state index contributed by atoms with van der Waals surface area (Å²) in [6.45, 7) is 7.81. The van der Waals surface area contributed by atoms with Crippen LogP contribution < -0.4 is 5.32 Å². The molecule has 0 spiro atoms. The third-order valence-corrected chi connectivity index (χ3v) is 4.18. The second-order valence-electron chi connectivity index (χ2n) is 4.36. The first-order chi connectivity index (χ1) is 6.72. The Balaban J connectivity index is 2.10. The lowest BCUT2D eigenvalue weighted by molar-refractivity contribution is 0.483. The minimum atomic E-state index is 0.619. The van der Waals surface area contributed by atoms with Gasteiger partial charge in [0, 0.05) is 15.8 Å². The Morgan fingerprint density at radius 2 is 2.29 bits per heavy atom. The van der Waals surface area contributed by atoms with Gasteiger partial charge in [-0.1, -0.05) is 13.8 Å². The molecule has 1 fully saturated rings. The van der Waals surface area contributed by atoms with E-state index in [1.165, 1.54) is 16.2 Å². The molecule has 0 aromatic carbocycles. The van der Waals surface area contributed by atoms with Crippen molar-refractivity contribution in [2.45, 2.75) is 33.2 Å². The van der Waals surface area contributed by atoms with Gasteiger partial charge in [-0.2, -0.15) is 0 Å². The first-order valence-corrected chi connectivity index (χ1v) is 6.33. The van der Waals surface area contributed by atoms with E-state index in [1.807, 2.05) is 11.3 Å². The Hall–Kier alpha value is -0.340. The van der Waals surface area contributed by atoms with Gasteiger partial charge in [-0.3, -0.25) is 0 Å². The summed E-state index contributed by atoms with van der Waals surface area (Å²) in [5.74, 6) is 1.80. The number of hydrogen-bond acceptors (Lipinski definition) is 2. The average molecular weight is 209 g/mol. The Morgan fingerprint density at radius 3 is 2.71 bits per heavy atom. The second-order valence-corrected chi connectivity index (χ2v) is 5.68. The van der Waals surface area contributed by atoms with Crippen molar-refractivity contribution in [3.63, 3.8) is 0 Å². The Morgan fingerprint density at radius 1 is 1.57 bits per heavy atom. The molecular formula is C12H19NS. The van der Waals surface area contributed by atoms with Gasteiger partial charge in [0.15, 0.2) is 0 Å². The molecule has 1 aromatic rings. The molecule has 1 N–H and O–H groups in total. The van der Waals surface area contributed by atoms with Crippen molar-refractivity contribution in [3.05, 3.63) is 21.9 Å². The zero-order chi connectivity index (χ0) is 10.1. The predicted molar refractivity (Wildman–Crippen MR) is 62.7 cm³/mol. The van der Waals surface area contributed by atoms with Crippen LogP contribution in [0.15, 0.2) is 12.1 Å². The van der Waals surface area contributed by atoms with Crippen LogP contribution in [0.25, 0.3) is 0 Å². The Bertz CT molecular complexity index is 305. The van der Waals surface area contributed by atoms with Crippen LogP contribution in [0.2, 0.25) is 0 Å². The van der Waals surface area contributed by atoms with Crippen LogP contribution in [-0.4, -0.2) is 6.54 Å². The van der Waals surface area contributed by atoms with E-state index in [2.05, 4.69) is 38.2 Å². The fourth-order valence-corrected chi connectivity index (χ4v) is 3.15. The second kappa shape index (κ2) is 4.03. The number of rotatable bonds is 4. The maximum absolute atomic E-state index is 3.62. The van der Waals surface area contributed by atoms with Crippen molar-refractivity contribution < 1.29 is 0 Å². The van der Waals surface area contributed by atoms with E-state index in [9.17, 15) is 0 Å². The van der Waals surface area contributed by atoms with Crippen LogP contribution in [0.1, 0.15) is 36.1 Å². The van der Waals surface area contributed by atoms with Crippen molar-refractivity contribution in [3.8, 4) is 0 Å². The third-order valence-electron chi connectivity index (χ3n) is 3.09. The highest BCUT2D eigenvalue weighted by Crippen LogP contribution is 2.48. The fourth-order valence-electron chi connectivity index (χ4n) is 2.12. The summed E-state index contributed by atoms with van der Waals surface area (Å²) in [5, 5.41) is 3.62. The number of thiophene rings is 1. The van der Waals surface area contributed by atoms with Gasteiger partial charge in [0.1, 0.15) is 0 Å². The maximum atomic E-state index is 3.62. The van der Waals surface area contributed by atoms with E-state index in [-0.39, 0.29) is 0 Å². The maximum Gasteiger partial charge on any atom is 0.0446 e. The highest BCUT2D eigenvalue weighted by molar-refractivity contribution is 7.12. The highest BCUT2D eigenvalue weighted by Gasteiger charge is 2.40. The number of nitrogens with one attached hydrogen (secondary N) is 1. The minimum Gasteiger partial charge on any atom is -0.309 e. The van der Waals surface area contributed by atoms with Gasteiger partial charge in [0.25, 0.3) is 0 Å². The van der Waals surface area contributed by atoms with E-state index in [0.717, 1.165) is 18.4 Å². The van der Waals surface area contributed by atoms with Crippen molar-refractivity contribution in [2.24, 2.45) is 11.8 Å². The monoisotopic (exact) mass is 209 g/mol. The Labute approximate surface area is 90.5 Å². The van der Waals surface area contributed by atoms with E-state index in [4.69, 9.17) is 0 Å². The molecule has 1 aliphatic rings. The summed E-state index contributed by atoms with van der Waals surface area (Å²) in [7, 11) is 0. The van der Waals surface area contributed by atoms with Gasteiger partial charge in [-0.25, -0.2) is 0 Å². The normalized spacial score (nSPS) is 27.6. The lowest BCUT2D eigenvalue weighted by Crippen LogP contribution is -2.22. The fraction of sp³-hybridized carbons (Fsp3) is 0.667. The first kappa shape index (κ1) is 10.2. The topological polar surface area (TPSA) is 12.0 Å². The molecular weight excluding hydrogens is 190 g/mol. The van der Waals surface area contributed by atoms with Crippen LogP contribution in [0.5, 0.6) is 0 Å². The largest absolute Gasteiger partial charge is 0.309 e. The molecule has 78 valence electrons. The summed E-state index contributed by atoms with van der Waals surface area (Å²) >= 11 is 1.94. The molecule has 3 atom stereocenters. The van der Waals surface area contributed by atoms with Gasteiger partial charge in [0.2, 0.25) is 0 Å². The third kappa shape index (κ3) is 2.01. The van der Waals surface area contributed by atoms with Gasteiger partial charge >= 0.3 is 0 Å². The summed E-state index contributed by atoms with van der Waals surface area (Å²) in [6.07, 6.45) is 1.40. The lowest BCUT2D eigenvalue weighted by Gasteiger charge is -2.15. The molecule has 0 radical (unpaired) electrons. The van der Waals surface area contributed by atoms with Crippen LogP contribution in [0, 0.1) is 18.8 Å². The first-order valence-electron chi connectivity index (χ1n) is 5.52. The smallest absolute Gasteiger partial charge is 0.0446 e. The number of hydrogen-bond donors (Lipinski definition) is 1. The van der Waals surface area contributed by atoms with Gasteiger partial charge in [0.05, 0.1) is 0 Å². The summed E-state index contributed by atoms with van der Waals surface area (Å²) in [6, 6.07) is 5.14. The van der Waals surface area contributed by atoms with Crippen molar-refractivity contribution in [1.29, 1.82) is 0 Å². The van der Waals surface area contributed by atoms with E-state index < -0.39 is 0 Å². The molecule has 1 aromatic heterocycles. The molecule has 0 amide bonds. The molecule has 1 nitrogen and oxygen atoms in total. The SMILES string of the molecule is CCNC(c1ccc(C)s1)C1CC1C. The minimum absolute atomic E-state index is 0.619. The highest BCUT2D eigenvalue weighted by atomic mass is 32.1. The molecule has 2 heteroatoms. The Kier molecular flexibility index (Phi) is 2.93. The van der Waals surface area contributed by atoms with Crippen molar-refractivity contribution in [2.75, 3.05) is 6.54 Å². The van der Waals surface area contributed by atoms with Gasteiger partial charge in [-0.15, -0.1) is 11.3 Å². The molecule has 0 bridgehead atoms. The molecule has 0 saturated heterocycles. The van der Waals surface area contributed by atoms with E-state index in [0.29, 0.717) is 6.04 Å². The summed E-state index contributed by atoms with van der Waals surface area (Å²) < 4.78 is 0. The van der Waals surface area contributed by atoms with Crippen LogP contribution >= 0.6 is 11.3 Å². The van der Waals surface area contributed by atoms with Crippen molar-refractivity contribution >= 4 is 11.3 Å². The molecule has 14 heavy (non-hydrogen) atoms.